The van der Waals surface area contributed by atoms with E-state index in [9.17, 15) is 13.2 Å². The summed E-state index contributed by atoms with van der Waals surface area (Å²) in [5, 5.41) is 0. The van der Waals surface area contributed by atoms with Crippen molar-refractivity contribution in [3.05, 3.63) is 102 Å². The van der Waals surface area contributed by atoms with Crippen molar-refractivity contribution in [2.24, 2.45) is 0 Å². The molecule has 0 spiro atoms. The van der Waals surface area contributed by atoms with Crippen LogP contribution in [0.25, 0.3) is 0 Å². The Bertz CT molecular complexity index is 1170. The lowest BCUT2D eigenvalue weighted by Crippen LogP contribution is -2.44. The molecule has 172 valence electrons. The van der Waals surface area contributed by atoms with Gasteiger partial charge in [0.25, 0.3) is 0 Å². The third-order valence-corrected chi connectivity index (χ3v) is 7.51. The molecule has 0 aromatic heterocycles. The molecule has 0 bridgehead atoms. The summed E-state index contributed by atoms with van der Waals surface area (Å²) in [4.78, 5) is 13.0. The summed E-state index contributed by atoms with van der Waals surface area (Å²) in [6.07, 6.45) is 0.723. The van der Waals surface area contributed by atoms with Crippen molar-refractivity contribution in [2.75, 3.05) is 12.3 Å². The summed E-state index contributed by atoms with van der Waals surface area (Å²) in [5.74, 6) is 0.173. The second-order valence-corrected chi connectivity index (χ2v) is 10.1. The predicted octanol–water partition coefficient (Wildman–Crippen LogP) is 3.96. The fraction of sp³-hybridized carbons (Fsp3) is 0.269. The van der Waals surface area contributed by atoms with Crippen molar-refractivity contribution in [3.8, 4) is 5.75 Å². The molecular formula is C26H27NO5S. The standard InChI is InChI=1S/C26H27NO5S/c28-26(32-20-22-11-5-2-6-12-22)25(27-15-8-16-33(27,29)30)18-23-13-7-14-24(17-23)31-19-21-9-3-1-4-10-21/h1-7,9-14,17,25H,8,15-16,18-20H2/t25-/m0/s1. The van der Waals surface area contributed by atoms with Crippen LogP contribution in [0.2, 0.25) is 0 Å². The third kappa shape index (κ3) is 6.21. The molecule has 1 heterocycles. The number of ether oxygens (including phenoxy) is 2. The van der Waals surface area contributed by atoms with Gasteiger partial charge < -0.3 is 9.47 Å². The smallest absolute Gasteiger partial charge is 0.325 e. The second-order valence-electron chi connectivity index (χ2n) is 8.02. The second kappa shape index (κ2) is 10.6. The van der Waals surface area contributed by atoms with Crippen molar-refractivity contribution in [1.82, 2.24) is 4.31 Å². The first kappa shape index (κ1) is 23.0. The number of hydrogen-bond acceptors (Lipinski definition) is 5. The number of rotatable bonds is 9. The topological polar surface area (TPSA) is 72.9 Å². The Labute approximate surface area is 194 Å². The van der Waals surface area contributed by atoms with Gasteiger partial charge in [-0.3, -0.25) is 4.79 Å². The molecule has 1 fully saturated rings. The van der Waals surface area contributed by atoms with E-state index in [0.29, 0.717) is 25.3 Å². The average molecular weight is 466 g/mol. The van der Waals surface area contributed by atoms with E-state index in [0.717, 1.165) is 16.7 Å². The Morgan fingerprint density at radius 2 is 1.48 bits per heavy atom. The van der Waals surface area contributed by atoms with E-state index >= 15 is 0 Å². The van der Waals surface area contributed by atoms with Crippen LogP contribution in [-0.2, 0) is 39.2 Å². The van der Waals surface area contributed by atoms with Crippen LogP contribution >= 0.6 is 0 Å². The molecule has 1 aliphatic rings. The first-order valence-corrected chi connectivity index (χ1v) is 12.6. The minimum absolute atomic E-state index is 0.0513. The Hall–Kier alpha value is -3.16. The molecule has 0 N–H and O–H groups in total. The quantitative estimate of drug-likeness (QED) is 0.448. The average Bonchev–Trinajstić information content (AvgIpc) is 3.20. The summed E-state index contributed by atoms with van der Waals surface area (Å²) in [6.45, 7) is 0.843. The van der Waals surface area contributed by atoms with E-state index in [1.165, 1.54) is 4.31 Å². The van der Waals surface area contributed by atoms with Crippen LogP contribution in [0.4, 0.5) is 0 Å². The van der Waals surface area contributed by atoms with Gasteiger partial charge in [0.2, 0.25) is 10.0 Å². The summed E-state index contributed by atoms with van der Waals surface area (Å²) >= 11 is 0. The molecule has 3 aromatic carbocycles. The summed E-state index contributed by atoms with van der Waals surface area (Å²) in [6, 6.07) is 25.7. The predicted molar refractivity (Wildman–Crippen MR) is 126 cm³/mol. The minimum atomic E-state index is -3.49. The van der Waals surface area contributed by atoms with Crippen LogP contribution in [0.15, 0.2) is 84.9 Å². The number of sulfonamides is 1. The molecule has 33 heavy (non-hydrogen) atoms. The van der Waals surface area contributed by atoms with Gasteiger partial charge in [0.05, 0.1) is 5.75 Å². The van der Waals surface area contributed by atoms with E-state index in [1.807, 2.05) is 84.9 Å². The zero-order chi connectivity index (χ0) is 23.1. The Balaban J connectivity index is 1.48. The maximum absolute atomic E-state index is 13.0. The highest BCUT2D eigenvalue weighted by Crippen LogP contribution is 2.23. The van der Waals surface area contributed by atoms with E-state index in [1.54, 1.807) is 0 Å². The molecule has 7 heteroatoms. The summed E-state index contributed by atoms with van der Waals surface area (Å²) in [5.41, 5.74) is 2.71. The Morgan fingerprint density at radius 3 is 2.12 bits per heavy atom. The first-order valence-electron chi connectivity index (χ1n) is 11.0. The molecule has 1 atom stereocenters. The van der Waals surface area contributed by atoms with Crippen LogP contribution in [0.3, 0.4) is 0 Å². The lowest BCUT2D eigenvalue weighted by atomic mass is 10.1. The SMILES string of the molecule is O=C(OCc1ccccc1)[C@H](Cc1cccc(OCc2ccccc2)c1)N1CCCS1(=O)=O. The van der Waals surface area contributed by atoms with Crippen LogP contribution in [0, 0.1) is 0 Å². The van der Waals surface area contributed by atoms with E-state index in [-0.39, 0.29) is 18.8 Å². The van der Waals surface area contributed by atoms with Crippen LogP contribution in [-0.4, -0.2) is 37.0 Å². The highest BCUT2D eigenvalue weighted by Gasteiger charge is 2.39. The van der Waals surface area contributed by atoms with Crippen LogP contribution in [0.5, 0.6) is 5.75 Å². The molecule has 6 nitrogen and oxygen atoms in total. The zero-order valence-corrected chi connectivity index (χ0v) is 19.1. The summed E-state index contributed by atoms with van der Waals surface area (Å²) < 4.78 is 37.9. The lowest BCUT2D eigenvalue weighted by Gasteiger charge is -2.25. The van der Waals surface area contributed by atoms with Gasteiger partial charge in [-0.15, -0.1) is 0 Å². The highest BCUT2D eigenvalue weighted by molar-refractivity contribution is 7.89. The third-order valence-electron chi connectivity index (χ3n) is 5.56. The number of esters is 1. The Morgan fingerprint density at radius 1 is 0.848 bits per heavy atom. The fourth-order valence-corrected chi connectivity index (χ4v) is 5.55. The maximum atomic E-state index is 13.0. The molecule has 0 unspecified atom stereocenters. The molecule has 1 saturated heterocycles. The first-order chi connectivity index (χ1) is 16.0. The Kier molecular flexibility index (Phi) is 7.42. The van der Waals surface area contributed by atoms with Crippen molar-refractivity contribution in [2.45, 2.75) is 32.1 Å². The molecule has 0 aliphatic carbocycles. The number of carbonyl (C=O) groups excluding carboxylic acids is 1. The van der Waals surface area contributed by atoms with Gasteiger partial charge in [-0.05, 0) is 41.7 Å². The van der Waals surface area contributed by atoms with Crippen molar-refractivity contribution < 1.29 is 22.7 Å². The minimum Gasteiger partial charge on any atom is -0.489 e. The van der Waals surface area contributed by atoms with Gasteiger partial charge in [-0.2, -0.15) is 4.31 Å². The van der Waals surface area contributed by atoms with E-state index in [2.05, 4.69) is 0 Å². The highest BCUT2D eigenvalue weighted by atomic mass is 32.2. The van der Waals surface area contributed by atoms with Gasteiger partial charge in [-0.25, -0.2) is 8.42 Å². The van der Waals surface area contributed by atoms with Crippen molar-refractivity contribution in [3.63, 3.8) is 0 Å². The monoisotopic (exact) mass is 465 g/mol. The number of hydrogen-bond donors (Lipinski definition) is 0. The van der Waals surface area contributed by atoms with Gasteiger partial charge in [-0.1, -0.05) is 72.8 Å². The number of nitrogens with zero attached hydrogens (tertiary/aromatic N) is 1. The maximum Gasteiger partial charge on any atom is 0.325 e. The van der Waals surface area contributed by atoms with Crippen molar-refractivity contribution in [1.29, 1.82) is 0 Å². The largest absolute Gasteiger partial charge is 0.489 e. The number of benzene rings is 3. The van der Waals surface area contributed by atoms with Crippen LogP contribution in [0.1, 0.15) is 23.1 Å². The molecular weight excluding hydrogens is 438 g/mol. The van der Waals surface area contributed by atoms with Gasteiger partial charge in [0.15, 0.2) is 0 Å². The molecule has 0 amide bonds. The van der Waals surface area contributed by atoms with E-state index in [4.69, 9.17) is 9.47 Å². The lowest BCUT2D eigenvalue weighted by molar-refractivity contribution is -0.149. The molecule has 0 saturated carbocycles. The molecule has 3 aromatic rings. The summed E-state index contributed by atoms with van der Waals surface area (Å²) in [7, 11) is -3.49. The fourth-order valence-electron chi connectivity index (χ4n) is 3.86. The zero-order valence-electron chi connectivity index (χ0n) is 18.3. The molecule has 4 rings (SSSR count). The normalized spacial score (nSPS) is 16.2. The molecule has 1 aliphatic heterocycles. The van der Waals surface area contributed by atoms with E-state index < -0.39 is 22.0 Å². The number of carbonyl (C=O) groups is 1. The van der Waals surface area contributed by atoms with Gasteiger partial charge >= 0.3 is 5.97 Å². The van der Waals surface area contributed by atoms with Crippen molar-refractivity contribution >= 4 is 16.0 Å². The molecule has 0 radical (unpaired) electrons. The van der Waals surface area contributed by atoms with Gasteiger partial charge in [0, 0.05) is 6.54 Å². The van der Waals surface area contributed by atoms with Gasteiger partial charge in [0.1, 0.15) is 25.0 Å². The van der Waals surface area contributed by atoms with Crippen LogP contribution < -0.4 is 4.74 Å².